The van der Waals surface area contributed by atoms with Crippen molar-refractivity contribution in [1.29, 1.82) is 0 Å². The average Bonchev–Trinajstić information content (AvgIpc) is 2.29. The summed E-state index contributed by atoms with van der Waals surface area (Å²) in [6.07, 6.45) is 1.84. The third-order valence-electron chi connectivity index (χ3n) is 2.12. The van der Waals surface area contributed by atoms with Crippen molar-refractivity contribution >= 4 is 17.7 Å². The monoisotopic (exact) mass is 236 g/mol. The fourth-order valence-corrected chi connectivity index (χ4v) is 1.22. The van der Waals surface area contributed by atoms with Crippen molar-refractivity contribution in [3.8, 4) is 0 Å². The Bertz CT molecular complexity index is 387. The number of carbonyl (C=O) groups is 2. The van der Waals surface area contributed by atoms with Gasteiger partial charge < -0.3 is 15.8 Å². The van der Waals surface area contributed by atoms with Crippen LogP contribution in [0, 0.1) is 0 Å². The van der Waals surface area contributed by atoms with E-state index in [0.29, 0.717) is 17.9 Å². The van der Waals surface area contributed by atoms with Crippen LogP contribution >= 0.6 is 0 Å². The van der Waals surface area contributed by atoms with Gasteiger partial charge in [0, 0.05) is 5.69 Å². The third kappa shape index (κ3) is 4.55. The number of anilines is 1. The molecule has 2 amide bonds. The topological polar surface area (TPSA) is 81.4 Å². The highest BCUT2D eigenvalue weighted by molar-refractivity contribution is 5.91. The van der Waals surface area contributed by atoms with Gasteiger partial charge in [0.05, 0.1) is 12.2 Å². The standard InChI is InChI=1S/C12H16N2O3/c1-2-3-8-17-11(15)9-4-6-10(7-5-9)14-12(13)16/h4-7H,2-3,8H2,1H3,(H3,13,14,16). The lowest BCUT2D eigenvalue weighted by atomic mass is 10.2. The molecule has 0 aliphatic heterocycles. The van der Waals surface area contributed by atoms with E-state index in [1.807, 2.05) is 6.92 Å². The molecule has 0 heterocycles. The number of hydrogen-bond acceptors (Lipinski definition) is 3. The van der Waals surface area contributed by atoms with Gasteiger partial charge in [0.15, 0.2) is 0 Å². The Morgan fingerprint density at radius 3 is 2.47 bits per heavy atom. The predicted octanol–water partition coefficient (Wildman–Crippen LogP) is 2.13. The van der Waals surface area contributed by atoms with Crippen molar-refractivity contribution in [2.75, 3.05) is 11.9 Å². The maximum atomic E-state index is 11.5. The Labute approximate surface area is 99.9 Å². The molecule has 5 nitrogen and oxygen atoms in total. The first-order valence-corrected chi connectivity index (χ1v) is 5.47. The molecule has 0 radical (unpaired) electrons. The first kappa shape index (κ1) is 13.0. The van der Waals surface area contributed by atoms with Crippen LogP contribution in [0.15, 0.2) is 24.3 Å². The molecule has 92 valence electrons. The van der Waals surface area contributed by atoms with Gasteiger partial charge in [-0.2, -0.15) is 0 Å². The van der Waals surface area contributed by atoms with Crippen molar-refractivity contribution < 1.29 is 14.3 Å². The van der Waals surface area contributed by atoms with E-state index >= 15 is 0 Å². The highest BCUT2D eigenvalue weighted by Crippen LogP contribution is 2.10. The molecule has 0 aliphatic rings. The number of rotatable bonds is 5. The van der Waals surface area contributed by atoms with Crippen molar-refractivity contribution in [2.45, 2.75) is 19.8 Å². The Morgan fingerprint density at radius 2 is 1.94 bits per heavy atom. The number of benzene rings is 1. The maximum Gasteiger partial charge on any atom is 0.338 e. The highest BCUT2D eigenvalue weighted by atomic mass is 16.5. The number of esters is 1. The molecule has 0 aliphatic carbocycles. The van der Waals surface area contributed by atoms with Crippen LogP contribution in [0.2, 0.25) is 0 Å². The molecule has 0 atom stereocenters. The average molecular weight is 236 g/mol. The molecule has 0 saturated heterocycles. The van der Waals surface area contributed by atoms with Crippen LogP contribution < -0.4 is 11.1 Å². The molecule has 17 heavy (non-hydrogen) atoms. The van der Waals surface area contributed by atoms with Crippen molar-refractivity contribution in [2.24, 2.45) is 5.73 Å². The van der Waals surface area contributed by atoms with E-state index in [0.717, 1.165) is 12.8 Å². The molecule has 1 aromatic rings. The fraction of sp³-hybridized carbons (Fsp3) is 0.333. The minimum atomic E-state index is -0.636. The molecule has 1 aromatic carbocycles. The second-order valence-electron chi connectivity index (χ2n) is 3.56. The minimum absolute atomic E-state index is 0.357. The summed E-state index contributed by atoms with van der Waals surface area (Å²) in [5.74, 6) is -0.357. The summed E-state index contributed by atoms with van der Waals surface area (Å²) in [7, 11) is 0. The van der Waals surface area contributed by atoms with E-state index in [2.05, 4.69) is 5.32 Å². The zero-order valence-corrected chi connectivity index (χ0v) is 9.73. The van der Waals surface area contributed by atoms with Gasteiger partial charge in [0.2, 0.25) is 0 Å². The second kappa shape index (κ2) is 6.52. The number of primary amides is 1. The molecule has 0 aromatic heterocycles. The fourth-order valence-electron chi connectivity index (χ4n) is 1.22. The number of hydrogen-bond donors (Lipinski definition) is 2. The number of urea groups is 1. The van der Waals surface area contributed by atoms with Crippen LogP contribution in [0.4, 0.5) is 10.5 Å². The summed E-state index contributed by atoms with van der Waals surface area (Å²) in [5.41, 5.74) is 5.96. The van der Waals surface area contributed by atoms with Crippen molar-refractivity contribution in [3.63, 3.8) is 0 Å². The quantitative estimate of drug-likeness (QED) is 0.607. The lowest BCUT2D eigenvalue weighted by Gasteiger charge is -2.05. The van der Waals surface area contributed by atoms with E-state index in [4.69, 9.17) is 10.5 Å². The summed E-state index contributed by atoms with van der Waals surface area (Å²) >= 11 is 0. The van der Waals surface area contributed by atoms with Crippen LogP contribution in [0.1, 0.15) is 30.1 Å². The molecule has 0 fully saturated rings. The highest BCUT2D eigenvalue weighted by Gasteiger charge is 2.06. The molecule has 0 spiro atoms. The number of ether oxygens (including phenoxy) is 1. The third-order valence-corrected chi connectivity index (χ3v) is 2.12. The molecule has 1 rings (SSSR count). The van der Waals surface area contributed by atoms with Crippen molar-refractivity contribution in [1.82, 2.24) is 0 Å². The van der Waals surface area contributed by atoms with Gasteiger partial charge in [-0.1, -0.05) is 13.3 Å². The summed E-state index contributed by atoms with van der Waals surface area (Å²) in [4.78, 5) is 22.1. The van der Waals surface area contributed by atoms with Crippen LogP contribution in [0.5, 0.6) is 0 Å². The van der Waals surface area contributed by atoms with E-state index in [1.54, 1.807) is 24.3 Å². The van der Waals surface area contributed by atoms with Crippen molar-refractivity contribution in [3.05, 3.63) is 29.8 Å². The van der Waals surface area contributed by atoms with E-state index < -0.39 is 6.03 Å². The Balaban J connectivity index is 2.54. The first-order valence-electron chi connectivity index (χ1n) is 5.47. The second-order valence-corrected chi connectivity index (χ2v) is 3.56. The number of unbranched alkanes of at least 4 members (excludes halogenated alkanes) is 1. The van der Waals surface area contributed by atoms with Crippen LogP contribution in [0.3, 0.4) is 0 Å². The zero-order chi connectivity index (χ0) is 12.7. The van der Waals surface area contributed by atoms with Gasteiger partial charge in [0.1, 0.15) is 0 Å². The Hall–Kier alpha value is -2.04. The molecular formula is C12H16N2O3. The predicted molar refractivity (Wildman–Crippen MR) is 64.8 cm³/mol. The van der Waals surface area contributed by atoms with Crippen LogP contribution in [0.25, 0.3) is 0 Å². The SMILES string of the molecule is CCCCOC(=O)c1ccc(NC(N)=O)cc1. The first-order chi connectivity index (χ1) is 8.13. The van der Waals surface area contributed by atoms with Gasteiger partial charge in [-0.15, -0.1) is 0 Å². The molecule has 5 heteroatoms. The number of nitrogens with one attached hydrogen (secondary N) is 1. The number of nitrogens with two attached hydrogens (primary N) is 1. The molecule has 0 saturated carbocycles. The smallest absolute Gasteiger partial charge is 0.338 e. The maximum absolute atomic E-state index is 11.5. The van der Waals surface area contributed by atoms with Gasteiger partial charge in [0.25, 0.3) is 0 Å². The summed E-state index contributed by atoms with van der Waals surface area (Å²) < 4.78 is 5.04. The molecular weight excluding hydrogens is 220 g/mol. The van der Waals surface area contributed by atoms with Gasteiger partial charge in [-0.05, 0) is 30.7 Å². The minimum Gasteiger partial charge on any atom is -0.462 e. The van der Waals surface area contributed by atoms with Gasteiger partial charge >= 0.3 is 12.0 Å². The van der Waals surface area contributed by atoms with E-state index in [1.165, 1.54) is 0 Å². The van der Waals surface area contributed by atoms with Crippen LogP contribution in [-0.2, 0) is 4.74 Å². The molecule has 3 N–H and O–H groups in total. The normalized spacial score (nSPS) is 9.71. The van der Waals surface area contributed by atoms with Gasteiger partial charge in [-0.25, -0.2) is 9.59 Å². The summed E-state index contributed by atoms with van der Waals surface area (Å²) in [6, 6.07) is 5.73. The lowest BCUT2D eigenvalue weighted by molar-refractivity contribution is 0.0500. The number of amides is 2. The lowest BCUT2D eigenvalue weighted by Crippen LogP contribution is -2.19. The zero-order valence-electron chi connectivity index (χ0n) is 9.73. The summed E-state index contributed by atoms with van der Waals surface area (Å²) in [5, 5.41) is 2.41. The largest absolute Gasteiger partial charge is 0.462 e. The Morgan fingerprint density at radius 1 is 1.29 bits per heavy atom. The molecule has 0 bridgehead atoms. The van der Waals surface area contributed by atoms with Crippen LogP contribution in [-0.4, -0.2) is 18.6 Å². The summed E-state index contributed by atoms with van der Waals surface area (Å²) in [6.45, 7) is 2.45. The van der Waals surface area contributed by atoms with E-state index in [9.17, 15) is 9.59 Å². The van der Waals surface area contributed by atoms with Gasteiger partial charge in [-0.3, -0.25) is 0 Å². The van der Waals surface area contributed by atoms with E-state index in [-0.39, 0.29) is 5.97 Å². The number of carbonyl (C=O) groups excluding carboxylic acids is 2. The Kier molecular flexibility index (Phi) is 5.00. The molecule has 0 unspecified atom stereocenters.